The predicted molar refractivity (Wildman–Crippen MR) is 101 cm³/mol. The van der Waals surface area contributed by atoms with Gasteiger partial charge in [0.15, 0.2) is 0 Å². The molecule has 2 aromatic carbocycles. The van der Waals surface area contributed by atoms with Crippen LogP contribution in [0, 0.1) is 5.82 Å². The molecule has 136 valence electrons. The maximum atomic E-state index is 14.4. The third-order valence-electron chi connectivity index (χ3n) is 4.96. The van der Waals surface area contributed by atoms with Crippen LogP contribution in [0.3, 0.4) is 0 Å². The van der Waals surface area contributed by atoms with Crippen LogP contribution in [-0.2, 0) is 11.2 Å². The molecular formula is C21H21FO3S. The van der Waals surface area contributed by atoms with Gasteiger partial charge in [-0.05, 0) is 53.6 Å². The summed E-state index contributed by atoms with van der Waals surface area (Å²) in [5.74, 6) is -0.222. The van der Waals surface area contributed by atoms with Gasteiger partial charge in [-0.1, -0.05) is 24.3 Å². The molecule has 3 unspecified atom stereocenters. The molecule has 1 aliphatic heterocycles. The number of aliphatic hydroxyl groups is 2. The normalized spacial score (nSPS) is 23.4. The Morgan fingerprint density at radius 2 is 1.96 bits per heavy atom. The number of hydrogen-bond acceptors (Lipinski definition) is 4. The summed E-state index contributed by atoms with van der Waals surface area (Å²) in [5, 5.41) is 20.4. The quantitative estimate of drug-likeness (QED) is 0.721. The molecule has 0 aliphatic carbocycles. The van der Waals surface area contributed by atoms with Gasteiger partial charge in [-0.15, -0.1) is 11.3 Å². The molecule has 0 spiro atoms. The summed E-state index contributed by atoms with van der Waals surface area (Å²) in [6.07, 6.45) is 0.319. The largest absolute Gasteiger partial charge is 0.394 e. The van der Waals surface area contributed by atoms with Gasteiger partial charge in [0.25, 0.3) is 0 Å². The minimum Gasteiger partial charge on any atom is -0.394 e. The van der Waals surface area contributed by atoms with E-state index in [0.717, 1.165) is 10.4 Å². The van der Waals surface area contributed by atoms with Crippen molar-refractivity contribution in [2.24, 2.45) is 0 Å². The SMILES string of the molecule is OCC1OC(c2ccc(F)c(Cc3cc4ccccc4s3)c2)CCC1O. The molecule has 4 rings (SSSR count). The Morgan fingerprint density at radius 1 is 1.12 bits per heavy atom. The van der Waals surface area contributed by atoms with Gasteiger partial charge < -0.3 is 14.9 Å². The van der Waals surface area contributed by atoms with Crippen LogP contribution in [0.1, 0.15) is 34.9 Å². The Balaban J connectivity index is 1.58. The van der Waals surface area contributed by atoms with Crippen molar-refractivity contribution in [2.45, 2.75) is 37.6 Å². The zero-order chi connectivity index (χ0) is 18.1. The summed E-state index contributed by atoms with van der Waals surface area (Å²) in [6, 6.07) is 15.4. The van der Waals surface area contributed by atoms with Crippen molar-refractivity contribution < 1.29 is 19.3 Å². The summed E-state index contributed by atoms with van der Waals surface area (Å²) >= 11 is 1.68. The summed E-state index contributed by atoms with van der Waals surface area (Å²) in [6.45, 7) is -0.215. The van der Waals surface area contributed by atoms with Gasteiger partial charge in [0.2, 0.25) is 0 Å². The van der Waals surface area contributed by atoms with Crippen LogP contribution < -0.4 is 0 Å². The van der Waals surface area contributed by atoms with Gasteiger partial charge in [0, 0.05) is 16.0 Å². The second-order valence-electron chi connectivity index (χ2n) is 6.77. The Labute approximate surface area is 155 Å². The topological polar surface area (TPSA) is 49.7 Å². The van der Waals surface area contributed by atoms with Gasteiger partial charge in [-0.25, -0.2) is 4.39 Å². The molecule has 2 heterocycles. The van der Waals surface area contributed by atoms with Crippen LogP contribution in [0.25, 0.3) is 10.1 Å². The summed E-state index contributed by atoms with van der Waals surface area (Å²) in [5.41, 5.74) is 1.54. The van der Waals surface area contributed by atoms with E-state index in [1.165, 1.54) is 16.2 Å². The molecule has 26 heavy (non-hydrogen) atoms. The zero-order valence-electron chi connectivity index (χ0n) is 14.3. The average Bonchev–Trinajstić information content (AvgIpc) is 3.06. The van der Waals surface area contributed by atoms with Crippen LogP contribution in [0.4, 0.5) is 4.39 Å². The lowest BCUT2D eigenvalue weighted by Crippen LogP contribution is -2.38. The van der Waals surface area contributed by atoms with Gasteiger partial charge in [0.1, 0.15) is 11.9 Å². The van der Waals surface area contributed by atoms with Crippen molar-refractivity contribution in [3.63, 3.8) is 0 Å². The van der Waals surface area contributed by atoms with Crippen molar-refractivity contribution in [1.29, 1.82) is 0 Å². The lowest BCUT2D eigenvalue weighted by molar-refractivity contribution is -0.135. The van der Waals surface area contributed by atoms with E-state index in [1.54, 1.807) is 17.4 Å². The molecule has 3 nitrogen and oxygen atoms in total. The van der Waals surface area contributed by atoms with Crippen LogP contribution in [0.5, 0.6) is 0 Å². The van der Waals surface area contributed by atoms with Gasteiger partial charge in [-0.3, -0.25) is 0 Å². The first-order chi connectivity index (χ1) is 12.6. The molecule has 0 bridgehead atoms. The lowest BCUT2D eigenvalue weighted by Gasteiger charge is -2.33. The van der Waals surface area contributed by atoms with Crippen molar-refractivity contribution in [3.8, 4) is 0 Å². The van der Waals surface area contributed by atoms with Crippen molar-refractivity contribution in [3.05, 3.63) is 70.4 Å². The molecule has 3 aromatic rings. The Hall–Kier alpha value is -1.79. The highest BCUT2D eigenvalue weighted by Gasteiger charge is 2.30. The number of halogens is 1. The number of aliphatic hydroxyl groups excluding tert-OH is 2. The standard InChI is InChI=1S/C21H21FO3S/c22-17-6-5-13(19-8-7-18(24)20(12-23)25-19)9-15(17)11-16-10-14-3-1-2-4-21(14)26-16/h1-6,9-10,18-20,23-24H,7-8,11-12H2. The Morgan fingerprint density at radius 3 is 2.77 bits per heavy atom. The van der Waals surface area contributed by atoms with Crippen LogP contribution >= 0.6 is 11.3 Å². The molecule has 1 aliphatic rings. The zero-order valence-corrected chi connectivity index (χ0v) is 15.1. The highest BCUT2D eigenvalue weighted by atomic mass is 32.1. The first-order valence-electron chi connectivity index (χ1n) is 8.84. The number of thiophene rings is 1. The van der Waals surface area contributed by atoms with E-state index in [2.05, 4.69) is 18.2 Å². The van der Waals surface area contributed by atoms with Crippen LogP contribution in [0.15, 0.2) is 48.5 Å². The maximum absolute atomic E-state index is 14.4. The van der Waals surface area contributed by atoms with Crippen LogP contribution in [0.2, 0.25) is 0 Å². The molecule has 0 amide bonds. The predicted octanol–water partition coefficient (Wildman–Crippen LogP) is 4.20. The Bertz CT molecular complexity index is 874. The fraction of sp³-hybridized carbons (Fsp3) is 0.333. The monoisotopic (exact) mass is 372 g/mol. The number of hydrogen-bond donors (Lipinski definition) is 2. The van der Waals surface area contributed by atoms with Gasteiger partial charge >= 0.3 is 0 Å². The van der Waals surface area contributed by atoms with E-state index in [4.69, 9.17) is 4.74 Å². The minimum absolute atomic E-state index is 0.215. The number of benzene rings is 2. The summed E-state index contributed by atoms with van der Waals surface area (Å²) in [7, 11) is 0. The highest BCUT2D eigenvalue weighted by molar-refractivity contribution is 7.19. The summed E-state index contributed by atoms with van der Waals surface area (Å²) in [4.78, 5) is 1.12. The number of ether oxygens (including phenoxy) is 1. The maximum Gasteiger partial charge on any atom is 0.126 e. The third kappa shape index (κ3) is 3.53. The average molecular weight is 372 g/mol. The third-order valence-corrected chi connectivity index (χ3v) is 6.07. The van der Waals surface area contributed by atoms with E-state index >= 15 is 0 Å². The fourth-order valence-corrected chi connectivity index (χ4v) is 4.62. The Kier molecular flexibility index (Phi) is 5.05. The number of fused-ring (bicyclic) bond motifs is 1. The van der Waals surface area contributed by atoms with Gasteiger partial charge in [0.05, 0.1) is 18.8 Å². The fourth-order valence-electron chi connectivity index (χ4n) is 3.53. The molecule has 5 heteroatoms. The number of rotatable bonds is 4. The van der Waals surface area contributed by atoms with E-state index in [-0.39, 0.29) is 18.5 Å². The smallest absolute Gasteiger partial charge is 0.126 e. The molecule has 2 N–H and O–H groups in total. The second-order valence-corrected chi connectivity index (χ2v) is 7.94. The molecule has 3 atom stereocenters. The first kappa shape index (κ1) is 17.6. The van der Waals surface area contributed by atoms with Crippen molar-refractivity contribution in [1.82, 2.24) is 0 Å². The molecule has 1 fully saturated rings. The molecule has 1 aromatic heterocycles. The minimum atomic E-state index is -0.644. The summed E-state index contributed by atoms with van der Waals surface area (Å²) < 4.78 is 21.4. The van der Waals surface area contributed by atoms with Crippen LogP contribution in [-0.4, -0.2) is 29.0 Å². The lowest BCUT2D eigenvalue weighted by atomic mass is 9.95. The molecule has 1 saturated heterocycles. The first-order valence-corrected chi connectivity index (χ1v) is 9.66. The van der Waals surface area contributed by atoms with Gasteiger partial charge in [-0.2, -0.15) is 0 Å². The molecule has 0 saturated carbocycles. The van der Waals surface area contributed by atoms with E-state index in [9.17, 15) is 14.6 Å². The highest BCUT2D eigenvalue weighted by Crippen LogP contribution is 2.33. The van der Waals surface area contributed by atoms with Crippen molar-refractivity contribution >= 4 is 21.4 Å². The molecule has 0 radical (unpaired) electrons. The van der Waals surface area contributed by atoms with E-state index in [1.807, 2.05) is 18.2 Å². The van der Waals surface area contributed by atoms with E-state index < -0.39 is 12.2 Å². The molecular weight excluding hydrogens is 351 g/mol. The van der Waals surface area contributed by atoms with E-state index in [0.29, 0.717) is 24.8 Å². The van der Waals surface area contributed by atoms with Crippen molar-refractivity contribution in [2.75, 3.05) is 6.61 Å². The second kappa shape index (κ2) is 7.45.